The molecule has 4 nitrogen and oxygen atoms in total. The van der Waals surface area contributed by atoms with Crippen molar-refractivity contribution in [3.63, 3.8) is 0 Å². The van der Waals surface area contributed by atoms with Gasteiger partial charge >= 0.3 is 6.09 Å². The molecule has 0 saturated heterocycles. The Labute approximate surface area is 109 Å². The molecule has 0 aromatic carbocycles. The second kappa shape index (κ2) is 6.21. The number of carbonyl (C=O) groups is 2. The van der Waals surface area contributed by atoms with E-state index in [0.29, 0.717) is 12.3 Å². The van der Waals surface area contributed by atoms with Gasteiger partial charge in [0.05, 0.1) is 6.04 Å². The Kier molecular flexibility index (Phi) is 5.17. The average Bonchev–Trinajstić information content (AvgIpc) is 2.66. The minimum Gasteiger partial charge on any atom is -0.444 e. The standard InChI is InChI=1S/C14H25NO3/c1-10(15-13(17)18-14(2,3)4)12(16)9-11-7-5-6-8-11/h10-11H,5-9H2,1-4H3,(H,15,17)/t10-/m0/s1. The molecular weight excluding hydrogens is 230 g/mol. The Balaban J connectivity index is 2.32. The number of hydrogen-bond donors (Lipinski definition) is 1. The van der Waals surface area contributed by atoms with Crippen LogP contribution >= 0.6 is 0 Å². The number of nitrogens with one attached hydrogen (secondary N) is 1. The molecule has 104 valence electrons. The first-order valence-electron chi connectivity index (χ1n) is 6.80. The van der Waals surface area contributed by atoms with Gasteiger partial charge in [-0.1, -0.05) is 25.7 Å². The number of ether oxygens (including phenoxy) is 1. The Morgan fingerprint density at radius 3 is 2.33 bits per heavy atom. The Morgan fingerprint density at radius 2 is 1.83 bits per heavy atom. The molecule has 0 aromatic rings. The van der Waals surface area contributed by atoms with E-state index in [0.717, 1.165) is 12.8 Å². The highest BCUT2D eigenvalue weighted by atomic mass is 16.6. The lowest BCUT2D eigenvalue weighted by atomic mass is 9.98. The van der Waals surface area contributed by atoms with Gasteiger partial charge in [0, 0.05) is 6.42 Å². The lowest BCUT2D eigenvalue weighted by Gasteiger charge is -2.22. The van der Waals surface area contributed by atoms with Crippen molar-refractivity contribution >= 4 is 11.9 Å². The summed E-state index contributed by atoms with van der Waals surface area (Å²) in [6.45, 7) is 7.13. The number of Topliss-reactive ketones (excluding diaryl/α,β-unsaturated/α-hetero) is 1. The summed E-state index contributed by atoms with van der Waals surface area (Å²) in [6.07, 6.45) is 4.81. The second-order valence-corrected chi connectivity index (χ2v) is 6.19. The van der Waals surface area contributed by atoms with Gasteiger partial charge in [0.15, 0.2) is 5.78 Å². The van der Waals surface area contributed by atoms with Gasteiger partial charge in [0.25, 0.3) is 0 Å². The van der Waals surface area contributed by atoms with Crippen molar-refractivity contribution in [3.05, 3.63) is 0 Å². The fourth-order valence-corrected chi connectivity index (χ4v) is 2.24. The molecule has 0 radical (unpaired) electrons. The van der Waals surface area contributed by atoms with E-state index in [9.17, 15) is 9.59 Å². The molecule has 1 rings (SSSR count). The van der Waals surface area contributed by atoms with Gasteiger partial charge in [-0.15, -0.1) is 0 Å². The molecule has 0 bridgehead atoms. The molecule has 0 spiro atoms. The maximum Gasteiger partial charge on any atom is 0.408 e. The first kappa shape index (κ1) is 15.0. The van der Waals surface area contributed by atoms with Crippen LogP contribution in [-0.2, 0) is 9.53 Å². The van der Waals surface area contributed by atoms with E-state index in [1.54, 1.807) is 27.7 Å². The van der Waals surface area contributed by atoms with Crippen molar-refractivity contribution < 1.29 is 14.3 Å². The third-order valence-corrected chi connectivity index (χ3v) is 3.18. The first-order chi connectivity index (χ1) is 8.28. The zero-order valence-corrected chi connectivity index (χ0v) is 11.9. The molecule has 1 aliphatic rings. The van der Waals surface area contributed by atoms with Crippen LogP contribution in [0.15, 0.2) is 0 Å². The van der Waals surface area contributed by atoms with Gasteiger partial charge in [-0.3, -0.25) is 4.79 Å². The summed E-state index contributed by atoms with van der Waals surface area (Å²) in [5, 5.41) is 2.60. The summed E-state index contributed by atoms with van der Waals surface area (Å²) in [5.41, 5.74) is -0.529. The van der Waals surface area contributed by atoms with Crippen LogP contribution in [0.5, 0.6) is 0 Å². The number of rotatable bonds is 4. The topological polar surface area (TPSA) is 55.4 Å². The first-order valence-corrected chi connectivity index (χ1v) is 6.80. The SMILES string of the molecule is C[C@H](NC(=O)OC(C)(C)C)C(=O)CC1CCCC1. The average molecular weight is 255 g/mol. The number of carbonyl (C=O) groups excluding carboxylic acids is 2. The lowest BCUT2D eigenvalue weighted by molar-refractivity contribution is -0.121. The van der Waals surface area contributed by atoms with Crippen molar-refractivity contribution in [3.8, 4) is 0 Å². The number of alkyl carbamates (subject to hydrolysis) is 1. The molecule has 18 heavy (non-hydrogen) atoms. The maximum absolute atomic E-state index is 11.9. The number of amides is 1. The molecule has 1 saturated carbocycles. The van der Waals surface area contributed by atoms with Gasteiger partial charge < -0.3 is 10.1 Å². The Morgan fingerprint density at radius 1 is 1.28 bits per heavy atom. The highest BCUT2D eigenvalue weighted by molar-refractivity contribution is 5.87. The van der Waals surface area contributed by atoms with Gasteiger partial charge in [0.2, 0.25) is 0 Å². The van der Waals surface area contributed by atoms with Gasteiger partial charge in [0.1, 0.15) is 5.60 Å². The zero-order chi connectivity index (χ0) is 13.8. The summed E-state index contributed by atoms with van der Waals surface area (Å²) < 4.78 is 5.13. The summed E-state index contributed by atoms with van der Waals surface area (Å²) in [7, 11) is 0. The Bertz CT molecular complexity index is 301. The van der Waals surface area contributed by atoms with Crippen molar-refractivity contribution in [2.75, 3.05) is 0 Å². The highest BCUT2D eigenvalue weighted by Gasteiger charge is 2.24. The minimum atomic E-state index is -0.529. The van der Waals surface area contributed by atoms with Gasteiger partial charge in [-0.2, -0.15) is 0 Å². The quantitative estimate of drug-likeness (QED) is 0.840. The highest BCUT2D eigenvalue weighted by Crippen LogP contribution is 2.27. The van der Waals surface area contributed by atoms with E-state index in [1.807, 2.05) is 0 Å². The largest absolute Gasteiger partial charge is 0.444 e. The zero-order valence-electron chi connectivity index (χ0n) is 11.9. The third-order valence-electron chi connectivity index (χ3n) is 3.18. The summed E-state index contributed by atoms with van der Waals surface area (Å²) in [6, 6.07) is -0.458. The molecule has 0 aliphatic heterocycles. The van der Waals surface area contributed by atoms with Gasteiger partial charge in [-0.05, 0) is 33.6 Å². The van der Waals surface area contributed by atoms with Crippen LogP contribution in [0.25, 0.3) is 0 Å². The molecule has 1 fully saturated rings. The van der Waals surface area contributed by atoms with Gasteiger partial charge in [-0.25, -0.2) is 4.79 Å². The molecule has 1 atom stereocenters. The molecule has 1 N–H and O–H groups in total. The lowest BCUT2D eigenvalue weighted by Crippen LogP contribution is -2.42. The molecule has 4 heteroatoms. The summed E-state index contributed by atoms with van der Waals surface area (Å²) in [5.74, 6) is 0.619. The Hall–Kier alpha value is -1.06. The van der Waals surface area contributed by atoms with Crippen LogP contribution in [0.1, 0.15) is 59.8 Å². The normalized spacial score (nSPS) is 18.4. The van der Waals surface area contributed by atoms with E-state index in [1.165, 1.54) is 12.8 Å². The van der Waals surface area contributed by atoms with Crippen molar-refractivity contribution in [1.29, 1.82) is 0 Å². The molecule has 0 heterocycles. The smallest absolute Gasteiger partial charge is 0.408 e. The van der Waals surface area contributed by atoms with Crippen LogP contribution in [0.2, 0.25) is 0 Å². The number of hydrogen-bond acceptors (Lipinski definition) is 3. The second-order valence-electron chi connectivity index (χ2n) is 6.19. The van der Waals surface area contributed by atoms with E-state index in [-0.39, 0.29) is 5.78 Å². The minimum absolute atomic E-state index is 0.104. The van der Waals surface area contributed by atoms with Crippen molar-refractivity contribution in [1.82, 2.24) is 5.32 Å². The molecule has 1 aliphatic carbocycles. The molecule has 1 amide bonds. The molecular formula is C14H25NO3. The fraction of sp³-hybridized carbons (Fsp3) is 0.857. The van der Waals surface area contributed by atoms with E-state index in [4.69, 9.17) is 4.74 Å². The van der Waals surface area contributed by atoms with Crippen LogP contribution in [0.4, 0.5) is 4.79 Å². The van der Waals surface area contributed by atoms with E-state index < -0.39 is 17.7 Å². The monoisotopic (exact) mass is 255 g/mol. The predicted octanol–water partition coefficient (Wildman–Crippen LogP) is 3.05. The molecule has 0 unspecified atom stereocenters. The third kappa shape index (κ3) is 5.52. The van der Waals surface area contributed by atoms with Crippen LogP contribution in [0.3, 0.4) is 0 Å². The van der Waals surface area contributed by atoms with Crippen LogP contribution in [0, 0.1) is 5.92 Å². The van der Waals surface area contributed by atoms with Crippen LogP contribution < -0.4 is 5.32 Å². The molecule has 0 aromatic heterocycles. The van der Waals surface area contributed by atoms with Crippen molar-refractivity contribution in [2.45, 2.75) is 71.4 Å². The predicted molar refractivity (Wildman–Crippen MR) is 70.4 cm³/mol. The van der Waals surface area contributed by atoms with Crippen LogP contribution in [-0.4, -0.2) is 23.5 Å². The maximum atomic E-state index is 11.9. The summed E-state index contributed by atoms with van der Waals surface area (Å²) >= 11 is 0. The number of ketones is 1. The van der Waals surface area contributed by atoms with E-state index in [2.05, 4.69) is 5.32 Å². The van der Waals surface area contributed by atoms with E-state index >= 15 is 0 Å². The van der Waals surface area contributed by atoms with Crippen molar-refractivity contribution in [2.24, 2.45) is 5.92 Å². The summed E-state index contributed by atoms with van der Waals surface area (Å²) in [4.78, 5) is 23.5. The fourth-order valence-electron chi connectivity index (χ4n) is 2.24.